The van der Waals surface area contributed by atoms with Gasteiger partial charge in [0, 0.05) is 24.3 Å². The van der Waals surface area contributed by atoms with Crippen molar-refractivity contribution in [2.75, 3.05) is 18.0 Å². The van der Waals surface area contributed by atoms with Gasteiger partial charge in [0.05, 0.1) is 5.92 Å². The Labute approximate surface area is 109 Å². The fourth-order valence-corrected chi connectivity index (χ4v) is 2.44. The first-order valence-corrected chi connectivity index (χ1v) is 6.14. The number of nitrogens with one attached hydrogen (secondary N) is 1. The molecule has 104 valence electrons. The summed E-state index contributed by atoms with van der Waals surface area (Å²) in [7, 11) is 0. The first kappa shape index (κ1) is 13.7. The van der Waals surface area contributed by atoms with Crippen molar-refractivity contribution in [1.29, 1.82) is 5.41 Å². The molecular weight excluding hydrogens is 255 g/mol. The third-order valence-corrected chi connectivity index (χ3v) is 3.42. The van der Waals surface area contributed by atoms with Gasteiger partial charge in [-0.05, 0) is 25.0 Å². The number of para-hydroxylation sites is 1. The maximum Gasteiger partial charge on any atom is 0.393 e. The van der Waals surface area contributed by atoms with E-state index in [4.69, 9.17) is 11.1 Å². The summed E-state index contributed by atoms with van der Waals surface area (Å²) in [6.07, 6.45) is -3.50. The average Bonchev–Trinajstić information content (AvgIpc) is 2.38. The Morgan fingerprint density at radius 1 is 1.32 bits per heavy atom. The van der Waals surface area contributed by atoms with E-state index in [0.29, 0.717) is 24.2 Å². The molecule has 0 aromatic heterocycles. The van der Waals surface area contributed by atoms with Crippen molar-refractivity contribution in [3.05, 3.63) is 29.8 Å². The fourth-order valence-electron chi connectivity index (χ4n) is 2.44. The number of hydrogen-bond acceptors (Lipinski definition) is 2. The van der Waals surface area contributed by atoms with Crippen LogP contribution in [0, 0.1) is 11.3 Å². The Kier molecular flexibility index (Phi) is 3.68. The lowest BCUT2D eigenvalue weighted by Gasteiger charge is -2.36. The van der Waals surface area contributed by atoms with Gasteiger partial charge in [-0.1, -0.05) is 12.1 Å². The zero-order valence-electron chi connectivity index (χ0n) is 10.4. The van der Waals surface area contributed by atoms with Crippen molar-refractivity contribution in [3.8, 4) is 0 Å². The number of nitrogen functional groups attached to an aromatic ring is 1. The van der Waals surface area contributed by atoms with Crippen LogP contribution in [0.15, 0.2) is 24.3 Å². The van der Waals surface area contributed by atoms with Gasteiger partial charge in [-0.2, -0.15) is 13.2 Å². The van der Waals surface area contributed by atoms with E-state index in [1.54, 1.807) is 29.2 Å². The SMILES string of the molecule is N=C(N)c1ccccc1N1CCCC(C(F)(F)F)C1. The van der Waals surface area contributed by atoms with Crippen LogP contribution in [0.4, 0.5) is 18.9 Å². The van der Waals surface area contributed by atoms with Crippen molar-refractivity contribution in [1.82, 2.24) is 0 Å². The summed E-state index contributed by atoms with van der Waals surface area (Å²) in [4.78, 5) is 1.68. The fraction of sp³-hybridized carbons (Fsp3) is 0.462. The van der Waals surface area contributed by atoms with E-state index in [0.717, 1.165) is 0 Å². The summed E-state index contributed by atoms with van der Waals surface area (Å²) >= 11 is 0. The molecule has 0 spiro atoms. The molecule has 0 aliphatic carbocycles. The van der Waals surface area contributed by atoms with Crippen LogP contribution in [-0.2, 0) is 0 Å². The lowest BCUT2D eigenvalue weighted by molar-refractivity contribution is -0.175. The number of halogens is 3. The zero-order chi connectivity index (χ0) is 14.0. The Balaban J connectivity index is 2.25. The second-order valence-corrected chi connectivity index (χ2v) is 4.76. The number of hydrogen-bond donors (Lipinski definition) is 2. The Hall–Kier alpha value is -1.72. The molecular formula is C13H16F3N3. The quantitative estimate of drug-likeness (QED) is 0.642. The number of rotatable bonds is 2. The lowest BCUT2D eigenvalue weighted by atomic mass is 9.96. The van der Waals surface area contributed by atoms with Gasteiger partial charge in [0.15, 0.2) is 0 Å². The molecule has 1 aliphatic heterocycles. The smallest absolute Gasteiger partial charge is 0.384 e. The van der Waals surface area contributed by atoms with Crippen LogP contribution in [0.5, 0.6) is 0 Å². The molecule has 1 aromatic carbocycles. The largest absolute Gasteiger partial charge is 0.393 e. The molecule has 0 amide bonds. The van der Waals surface area contributed by atoms with E-state index in [1.807, 2.05) is 0 Å². The average molecular weight is 271 g/mol. The van der Waals surface area contributed by atoms with Gasteiger partial charge in [0.1, 0.15) is 5.84 Å². The van der Waals surface area contributed by atoms with Gasteiger partial charge < -0.3 is 10.6 Å². The molecule has 1 atom stereocenters. The number of anilines is 1. The molecule has 1 aliphatic rings. The second-order valence-electron chi connectivity index (χ2n) is 4.76. The molecule has 0 bridgehead atoms. The van der Waals surface area contributed by atoms with E-state index in [-0.39, 0.29) is 18.8 Å². The molecule has 3 nitrogen and oxygen atoms in total. The van der Waals surface area contributed by atoms with Gasteiger partial charge >= 0.3 is 6.18 Å². The number of piperidine rings is 1. The molecule has 19 heavy (non-hydrogen) atoms. The van der Waals surface area contributed by atoms with Crippen LogP contribution >= 0.6 is 0 Å². The third kappa shape index (κ3) is 3.00. The van der Waals surface area contributed by atoms with Crippen LogP contribution in [0.1, 0.15) is 18.4 Å². The highest BCUT2D eigenvalue weighted by atomic mass is 19.4. The van der Waals surface area contributed by atoms with E-state index in [9.17, 15) is 13.2 Å². The van der Waals surface area contributed by atoms with Crippen LogP contribution in [0.2, 0.25) is 0 Å². The molecule has 1 unspecified atom stereocenters. The van der Waals surface area contributed by atoms with Crippen molar-refractivity contribution in [2.24, 2.45) is 11.7 Å². The number of amidine groups is 1. The molecule has 1 fully saturated rings. The number of nitrogens with zero attached hydrogens (tertiary/aromatic N) is 1. The molecule has 1 aromatic rings. The van der Waals surface area contributed by atoms with E-state index in [2.05, 4.69) is 0 Å². The first-order valence-electron chi connectivity index (χ1n) is 6.14. The minimum atomic E-state index is -4.16. The number of alkyl halides is 3. The monoisotopic (exact) mass is 271 g/mol. The molecule has 2 rings (SSSR count). The standard InChI is InChI=1S/C13H16F3N3/c14-13(15,16)9-4-3-7-19(8-9)11-6-2-1-5-10(11)12(17)18/h1-2,5-6,9H,3-4,7-8H2,(H3,17,18). The van der Waals surface area contributed by atoms with Crippen LogP contribution < -0.4 is 10.6 Å². The summed E-state index contributed by atoms with van der Waals surface area (Å²) < 4.78 is 38.4. The molecule has 1 saturated heterocycles. The molecule has 0 radical (unpaired) electrons. The van der Waals surface area contributed by atoms with Crippen molar-refractivity contribution in [2.45, 2.75) is 19.0 Å². The van der Waals surface area contributed by atoms with Gasteiger partial charge in [-0.15, -0.1) is 0 Å². The van der Waals surface area contributed by atoms with Gasteiger partial charge in [0.2, 0.25) is 0 Å². The first-order chi connectivity index (χ1) is 8.89. The Bertz CT molecular complexity index is 470. The van der Waals surface area contributed by atoms with Gasteiger partial charge in [0.25, 0.3) is 0 Å². The third-order valence-electron chi connectivity index (χ3n) is 3.42. The summed E-state index contributed by atoms with van der Waals surface area (Å²) in [5, 5.41) is 7.50. The predicted molar refractivity (Wildman–Crippen MR) is 68.5 cm³/mol. The molecule has 6 heteroatoms. The maximum absolute atomic E-state index is 12.8. The van der Waals surface area contributed by atoms with Crippen LogP contribution in [-0.4, -0.2) is 25.1 Å². The lowest BCUT2D eigenvalue weighted by Crippen LogP contribution is -2.42. The minimum absolute atomic E-state index is 0.0617. The zero-order valence-corrected chi connectivity index (χ0v) is 10.4. The topological polar surface area (TPSA) is 53.1 Å². The Morgan fingerprint density at radius 3 is 2.63 bits per heavy atom. The summed E-state index contributed by atoms with van der Waals surface area (Å²) in [5.41, 5.74) is 6.58. The van der Waals surface area contributed by atoms with Crippen molar-refractivity contribution < 1.29 is 13.2 Å². The van der Waals surface area contributed by atoms with E-state index in [1.165, 1.54) is 0 Å². The van der Waals surface area contributed by atoms with Crippen molar-refractivity contribution >= 4 is 11.5 Å². The predicted octanol–water partition coefficient (Wildman–Crippen LogP) is 2.75. The summed E-state index contributed by atoms with van der Waals surface area (Å²) in [6.45, 7) is 0.505. The van der Waals surface area contributed by atoms with Crippen molar-refractivity contribution in [3.63, 3.8) is 0 Å². The van der Waals surface area contributed by atoms with Gasteiger partial charge in [-0.3, -0.25) is 5.41 Å². The number of benzene rings is 1. The molecule has 3 N–H and O–H groups in total. The second kappa shape index (κ2) is 5.11. The van der Waals surface area contributed by atoms with Crippen LogP contribution in [0.3, 0.4) is 0 Å². The van der Waals surface area contributed by atoms with E-state index < -0.39 is 12.1 Å². The summed E-state index contributed by atoms with van der Waals surface area (Å²) in [6, 6.07) is 6.86. The summed E-state index contributed by atoms with van der Waals surface area (Å²) in [5.74, 6) is -1.43. The minimum Gasteiger partial charge on any atom is -0.384 e. The van der Waals surface area contributed by atoms with Crippen LogP contribution in [0.25, 0.3) is 0 Å². The number of nitrogens with two attached hydrogens (primary N) is 1. The van der Waals surface area contributed by atoms with E-state index >= 15 is 0 Å². The highest BCUT2D eigenvalue weighted by Crippen LogP contribution is 2.35. The highest BCUT2D eigenvalue weighted by Gasteiger charge is 2.42. The highest BCUT2D eigenvalue weighted by molar-refractivity contribution is 6.00. The molecule has 0 saturated carbocycles. The normalized spacial score (nSPS) is 20.4. The van der Waals surface area contributed by atoms with Gasteiger partial charge in [-0.25, -0.2) is 0 Å². The maximum atomic E-state index is 12.8. The molecule has 1 heterocycles. The Morgan fingerprint density at radius 2 is 2.00 bits per heavy atom.